The summed E-state index contributed by atoms with van der Waals surface area (Å²) < 4.78 is 0. The molecule has 4 nitrogen and oxygen atoms in total. The lowest BCUT2D eigenvalue weighted by Gasteiger charge is -2.35. The van der Waals surface area contributed by atoms with Crippen LogP contribution in [-0.4, -0.2) is 55.1 Å². The van der Waals surface area contributed by atoms with E-state index < -0.39 is 0 Å². The minimum atomic E-state index is 0.142. The molecule has 2 fully saturated rings. The number of piperidine rings is 2. The molecular weight excluding hydrogens is 286 g/mol. The average molecular weight is 324 g/mol. The van der Waals surface area contributed by atoms with Gasteiger partial charge in [-0.1, -0.05) is 27.7 Å². The van der Waals surface area contributed by atoms with Crippen molar-refractivity contribution in [1.29, 1.82) is 0 Å². The second-order valence-electron chi connectivity index (χ2n) is 8.50. The van der Waals surface area contributed by atoms with Gasteiger partial charge in [-0.05, 0) is 55.9 Å². The summed E-state index contributed by atoms with van der Waals surface area (Å²) in [6.45, 7) is 15.6. The Labute approximate surface area is 143 Å². The van der Waals surface area contributed by atoms with Crippen LogP contribution in [0.4, 0.5) is 4.79 Å². The Balaban J connectivity index is 1.57. The topological polar surface area (TPSA) is 35.6 Å². The number of rotatable bonds is 5. The van der Waals surface area contributed by atoms with E-state index in [1.807, 2.05) is 4.90 Å². The van der Waals surface area contributed by atoms with Crippen molar-refractivity contribution in [2.45, 2.75) is 53.4 Å². The fraction of sp³-hybridized carbons (Fsp3) is 0.947. The summed E-state index contributed by atoms with van der Waals surface area (Å²) in [6, 6.07) is 0.142. The molecular formula is C19H37N3O. The van der Waals surface area contributed by atoms with E-state index in [0.29, 0.717) is 11.8 Å². The summed E-state index contributed by atoms with van der Waals surface area (Å²) in [5.41, 5.74) is 0. The smallest absolute Gasteiger partial charge is 0.317 e. The highest BCUT2D eigenvalue weighted by Crippen LogP contribution is 2.21. The standard InChI is InChI=1S/C19H37N3O/c1-15-9-16(2)12-21(11-15)8-6-5-7-20-19(23)22-13-17(3)10-18(4)14-22/h15-18H,5-14H2,1-4H3,(H,20,23). The van der Waals surface area contributed by atoms with Crippen LogP contribution in [-0.2, 0) is 0 Å². The van der Waals surface area contributed by atoms with Gasteiger partial charge < -0.3 is 15.1 Å². The quantitative estimate of drug-likeness (QED) is 0.787. The molecule has 4 unspecified atom stereocenters. The third-order valence-corrected chi connectivity index (χ3v) is 5.28. The molecule has 2 heterocycles. The zero-order valence-electron chi connectivity index (χ0n) is 15.7. The lowest BCUT2D eigenvalue weighted by atomic mass is 9.92. The van der Waals surface area contributed by atoms with Crippen LogP contribution in [0.15, 0.2) is 0 Å². The minimum absolute atomic E-state index is 0.142. The van der Waals surface area contributed by atoms with E-state index in [4.69, 9.17) is 0 Å². The largest absolute Gasteiger partial charge is 0.338 e. The predicted molar refractivity (Wildman–Crippen MR) is 96.5 cm³/mol. The second kappa shape index (κ2) is 8.91. The van der Waals surface area contributed by atoms with Gasteiger partial charge in [-0.2, -0.15) is 0 Å². The van der Waals surface area contributed by atoms with Gasteiger partial charge in [-0.25, -0.2) is 4.79 Å². The molecule has 2 saturated heterocycles. The van der Waals surface area contributed by atoms with E-state index in [-0.39, 0.29) is 6.03 Å². The van der Waals surface area contributed by atoms with Crippen molar-refractivity contribution in [1.82, 2.24) is 15.1 Å². The molecule has 0 aromatic heterocycles. The maximum atomic E-state index is 12.2. The summed E-state index contributed by atoms with van der Waals surface area (Å²) in [5.74, 6) is 2.93. The molecule has 0 bridgehead atoms. The van der Waals surface area contributed by atoms with Gasteiger partial charge in [0, 0.05) is 32.7 Å². The van der Waals surface area contributed by atoms with Gasteiger partial charge in [0.25, 0.3) is 0 Å². The normalized spacial score (nSPS) is 32.8. The zero-order valence-corrected chi connectivity index (χ0v) is 15.7. The second-order valence-corrected chi connectivity index (χ2v) is 8.50. The van der Waals surface area contributed by atoms with Crippen molar-refractivity contribution in [3.63, 3.8) is 0 Å². The molecule has 0 saturated carbocycles. The lowest BCUT2D eigenvalue weighted by molar-refractivity contribution is 0.137. The summed E-state index contributed by atoms with van der Waals surface area (Å²) in [7, 11) is 0. The molecule has 2 rings (SSSR count). The van der Waals surface area contributed by atoms with E-state index in [2.05, 4.69) is 37.9 Å². The van der Waals surface area contributed by atoms with E-state index in [9.17, 15) is 4.79 Å². The van der Waals surface area contributed by atoms with Crippen molar-refractivity contribution in [2.24, 2.45) is 23.7 Å². The fourth-order valence-corrected chi connectivity index (χ4v) is 4.57. The van der Waals surface area contributed by atoms with Crippen LogP contribution in [0.5, 0.6) is 0 Å². The number of amides is 2. The van der Waals surface area contributed by atoms with Crippen LogP contribution in [0.2, 0.25) is 0 Å². The zero-order chi connectivity index (χ0) is 16.8. The fourth-order valence-electron chi connectivity index (χ4n) is 4.57. The van der Waals surface area contributed by atoms with E-state index in [1.54, 1.807) is 0 Å². The summed E-state index contributed by atoms with van der Waals surface area (Å²) in [6.07, 6.45) is 4.90. The minimum Gasteiger partial charge on any atom is -0.338 e. The third-order valence-electron chi connectivity index (χ3n) is 5.28. The molecule has 0 aromatic carbocycles. The first-order chi connectivity index (χ1) is 10.9. The highest BCUT2D eigenvalue weighted by molar-refractivity contribution is 5.74. The van der Waals surface area contributed by atoms with Gasteiger partial charge in [0.1, 0.15) is 0 Å². The van der Waals surface area contributed by atoms with Gasteiger partial charge in [0.2, 0.25) is 0 Å². The molecule has 2 aliphatic heterocycles. The number of carbonyl (C=O) groups is 1. The lowest BCUT2D eigenvalue weighted by Crippen LogP contribution is -2.47. The monoisotopic (exact) mass is 323 g/mol. The molecule has 0 radical (unpaired) electrons. The predicted octanol–water partition coefficient (Wildman–Crippen LogP) is 3.43. The molecule has 4 heteroatoms. The Kier molecular flexibility index (Phi) is 7.19. The molecule has 0 aromatic rings. The Hall–Kier alpha value is -0.770. The van der Waals surface area contributed by atoms with Crippen molar-refractivity contribution in [3.8, 4) is 0 Å². The molecule has 2 amide bonds. The van der Waals surface area contributed by atoms with Crippen LogP contribution in [0.25, 0.3) is 0 Å². The molecule has 134 valence electrons. The Morgan fingerprint density at radius 1 is 0.870 bits per heavy atom. The van der Waals surface area contributed by atoms with E-state index >= 15 is 0 Å². The first-order valence-electron chi connectivity index (χ1n) is 9.69. The molecule has 2 aliphatic rings. The highest BCUT2D eigenvalue weighted by atomic mass is 16.2. The molecule has 4 atom stereocenters. The highest BCUT2D eigenvalue weighted by Gasteiger charge is 2.25. The summed E-state index contributed by atoms with van der Waals surface area (Å²) in [5, 5.41) is 3.12. The molecule has 0 spiro atoms. The van der Waals surface area contributed by atoms with Crippen LogP contribution in [0, 0.1) is 23.7 Å². The summed E-state index contributed by atoms with van der Waals surface area (Å²) in [4.78, 5) is 16.9. The SMILES string of the molecule is CC1CC(C)CN(CCCCNC(=O)N2CC(C)CC(C)C2)C1. The first-order valence-corrected chi connectivity index (χ1v) is 9.69. The number of carbonyl (C=O) groups excluding carboxylic acids is 1. The van der Waals surface area contributed by atoms with Gasteiger partial charge >= 0.3 is 6.03 Å². The van der Waals surface area contributed by atoms with Crippen molar-refractivity contribution in [3.05, 3.63) is 0 Å². The van der Waals surface area contributed by atoms with Crippen LogP contribution < -0.4 is 5.32 Å². The van der Waals surface area contributed by atoms with Gasteiger partial charge in [0.15, 0.2) is 0 Å². The Bertz CT molecular complexity index is 354. The maximum Gasteiger partial charge on any atom is 0.317 e. The molecule has 23 heavy (non-hydrogen) atoms. The summed E-state index contributed by atoms with van der Waals surface area (Å²) >= 11 is 0. The van der Waals surface area contributed by atoms with Crippen molar-refractivity contribution < 1.29 is 4.79 Å². The molecule has 1 N–H and O–H groups in total. The third kappa shape index (κ3) is 6.33. The maximum absolute atomic E-state index is 12.2. The van der Waals surface area contributed by atoms with Crippen LogP contribution >= 0.6 is 0 Å². The number of nitrogens with zero attached hydrogens (tertiary/aromatic N) is 2. The van der Waals surface area contributed by atoms with E-state index in [1.165, 1.54) is 38.9 Å². The van der Waals surface area contributed by atoms with Crippen LogP contribution in [0.1, 0.15) is 53.4 Å². The first kappa shape index (κ1) is 18.6. The average Bonchev–Trinajstić information content (AvgIpc) is 2.44. The Morgan fingerprint density at radius 3 is 1.96 bits per heavy atom. The number of hydrogen-bond acceptors (Lipinski definition) is 2. The van der Waals surface area contributed by atoms with Gasteiger partial charge in [-0.15, -0.1) is 0 Å². The number of likely N-dealkylation sites (tertiary alicyclic amines) is 2. The molecule has 0 aliphatic carbocycles. The van der Waals surface area contributed by atoms with Crippen molar-refractivity contribution in [2.75, 3.05) is 39.3 Å². The van der Waals surface area contributed by atoms with E-state index in [0.717, 1.165) is 37.9 Å². The number of urea groups is 1. The van der Waals surface area contributed by atoms with Gasteiger partial charge in [0.05, 0.1) is 0 Å². The number of nitrogens with one attached hydrogen (secondary N) is 1. The van der Waals surface area contributed by atoms with Crippen LogP contribution in [0.3, 0.4) is 0 Å². The van der Waals surface area contributed by atoms with Crippen molar-refractivity contribution >= 4 is 6.03 Å². The van der Waals surface area contributed by atoms with Gasteiger partial charge in [-0.3, -0.25) is 0 Å². The number of unbranched alkanes of at least 4 members (excludes halogenated alkanes) is 1. The Morgan fingerprint density at radius 2 is 1.39 bits per heavy atom. The number of hydrogen-bond donors (Lipinski definition) is 1.